The van der Waals surface area contributed by atoms with E-state index in [9.17, 15) is 4.79 Å². The highest BCUT2D eigenvalue weighted by atomic mass is 35.5. The van der Waals surface area contributed by atoms with Crippen LogP contribution < -0.4 is 15.7 Å². The Balaban J connectivity index is 1.87. The Hall–Kier alpha value is -2.99. The van der Waals surface area contributed by atoms with Crippen molar-refractivity contribution in [1.82, 2.24) is 9.78 Å². The van der Waals surface area contributed by atoms with E-state index in [4.69, 9.17) is 16.3 Å². The van der Waals surface area contributed by atoms with E-state index in [1.807, 2.05) is 38.1 Å². The molecular weight excluding hydrogens is 352 g/mol. The first-order valence-corrected chi connectivity index (χ1v) is 8.38. The number of rotatable bonds is 5. The molecule has 26 heavy (non-hydrogen) atoms. The number of hydrogen-bond donors (Lipinski definition) is 2. The standard InChI is InChI=1S/C19H19ClN4O2/c1-12-4-6-14(7-5-12)22-21-11-16-13(2)23-24(19(16)25)15-8-9-17(20)18(10-15)26-3/h4-11,22-23H,1-3H3. The van der Waals surface area contributed by atoms with Crippen molar-refractivity contribution in [3.8, 4) is 11.4 Å². The first kappa shape index (κ1) is 17.8. The lowest BCUT2D eigenvalue weighted by Crippen LogP contribution is -2.17. The number of benzene rings is 2. The van der Waals surface area contributed by atoms with Crippen molar-refractivity contribution >= 4 is 23.5 Å². The van der Waals surface area contributed by atoms with E-state index in [-0.39, 0.29) is 5.56 Å². The number of ether oxygens (including phenoxy) is 1. The highest BCUT2D eigenvalue weighted by Gasteiger charge is 2.12. The minimum absolute atomic E-state index is 0.207. The summed E-state index contributed by atoms with van der Waals surface area (Å²) in [6, 6.07) is 13.0. The van der Waals surface area contributed by atoms with Crippen LogP contribution >= 0.6 is 11.6 Å². The molecule has 0 aliphatic carbocycles. The summed E-state index contributed by atoms with van der Waals surface area (Å²) in [7, 11) is 1.53. The summed E-state index contributed by atoms with van der Waals surface area (Å²) in [5.41, 5.74) is 6.54. The molecule has 1 heterocycles. The van der Waals surface area contributed by atoms with Gasteiger partial charge < -0.3 is 4.74 Å². The first-order chi connectivity index (χ1) is 12.5. The molecular formula is C19H19ClN4O2. The van der Waals surface area contributed by atoms with Crippen LogP contribution in [0.3, 0.4) is 0 Å². The fourth-order valence-corrected chi connectivity index (χ4v) is 2.68. The van der Waals surface area contributed by atoms with Gasteiger partial charge in [-0.2, -0.15) is 5.10 Å². The average Bonchev–Trinajstić information content (AvgIpc) is 2.92. The van der Waals surface area contributed by atoms with E-state index in [2.05, 4.69) is 15.6 Å². The maximum Gasteiger partial charge on any atom is 0.280 e. The van der Waals surface area contributed by atoms with Crippen LogP contribution in [0.1, 0.15) is 16.8 Å². The minimum atomic E-state index is -0.207. The summed E-state index contributed by atoms with van der Waals surface area (Å²) in [6.45, 7) is 3.84. The summed E-state index contributed by atoms with van der Waals surface area (Å²) in [5, 5.41) is 7.69. The topological polar surface area (TPSA) is 71.4 Å². The van der Waals surface area contributed by atoms with Crippen molar-refractivity contribution in [3.63, 3.8) is 0 Å². The van der Waals surface area contributed by atoms with Gasteiger partial charge in [-0.1, -0.05) is 29.3 Å². The molecule has 0 saturated heterocycles. The molecule has 7 heteroatoms. The second kappa shape index (κ2) is 7.49. The lowest BCUT2D eigenvalue weighted by molar-refractivity contribution is 0.414. The van der Waals surface area contributed by atoms with E-state index < -0.39 is 0 Å². The molecule has 3 aromatic rings. The quantitative estimate of drug-likeness (QED) is 0.528. The molecule has 2 N–H and O–H groups in total. The molecule has 0 unspecified atom stereocenters. The van der Waals surface area contributed by atoms with Crippen molar-refractivity contribution in [1.29, 1.82) is 0 Å². The summed E-state index contributed by atoms with van der Waals surface area (Å²) >= 11 is 6.04. The van der Waals surface area contributed by atoms with E-state index in [0.717, 1.165) is 5.69 Å². The maximum absolute atomic E-state index is 12.7. The number of aryl methyl sites for hydroxylation is 2. The van der Waals surface area contributed by atoms with Crippen LogP contribution in [-0.2, 0) is 0 Å². The molecule has 0 fully saturated rings. The smallest absolute Gasteiger partial charge is 0.280 e. The lowest BCUT2D eigenvalue weighted by Gasteiger charge is -2.06. The molecule has 0 spiro atoms. The Bertz CT molecular complexity index is 1000. The van der Waals surface area contributed by atoms with Gasteiger partial charge in [-0.15, -0.1) is 0 Å². The minimum Gasteiger partial charge on any atom is -0.495 e. The second-order valence-electron chi connectivity index (χ2n) is 5.85. The zero-order valence-corrected chi connectivity index (χ0v) is 15.5. The van der Waals surface area contributed by atoms with Gasteiger partial charge in [-0.05, 0) is 38.1 Å². The predicted molar refractivity (Wildman–Crippen MR) is 105 cm³/mol. The third-order valence-corrected chi connectivity index (χ3v) is 4.26. The normalized spacial score (nSPS) is 11.1. The van der Waals surface area contributed by atoms with Crippen molar-refractivity contribution in [2.24, 2.45) is 5.10 Å². The second-order valence-corrected chi connectivity index (χ2v) is 6.25. The number of hydrogen-bond acceptors (Lipinski definition) is 4. The monoisotopic (exact) mass is 370 g/mol. The molecule has 0 radical (unpaired) electrons. The number of aromatic amines is 1. The largest absolute Gasteiger partial charge is 0.495 e. The van der Waals surface area contributed by atoms with Crippen LogP contribution in [0.2, 0.25) is 5.02 Å². The summed E-state index contributed by atoms with van der Waals surface area (Å²) in [4.78, 5) is 12.7. The predicted octanol–water partition coefficient (Wildman–Crippen LogP) is 3.89. The van der Waals surface area contributed by atoms with Gasteiger partial charge in [0.25, 0.3) is 5.56 Å². The van der Waals surface area contributed by atoms with Gasteiger partial charge in [0.1, 0.15) is 5.75 Å². The van der Waals surface area contributed by atoms with E-state index in [0.29, 0.717) is 27.7 Å². The molecule has 0 saturated carbocycles. The molecule has 3 rings (SSSR count). The number of aromatic nitrogens is 2. The van der Waals surface area contributed by atoms with Crippen LogP contribution in [0.5, 0.6) is 5.75 Å². The van der Waals surface area contributed by atoms with Crippen LogP contribution in [0.4, 0.5) is 5.69 Å². The zero-order valence-electron chi connectivity index (χ0n) is 14.7. The van der Waals surface area contributed by atoms with Gasteiger partial charge in [0, 0.05) is 11.8 Å². The van der Waals surface area contributed by atoms with Crippen molar-refractivity contribution in [2.75, 3.05) is 12.5 Å². The fourth-order valence-electron chi connectivity index (χ4n) is 2.48. The molecule has 0 aliphatic heterocycles. The fraction of sp³-hybridized carbons (Fsp3) is 0.158. The van der Waals surface area contributed by atoms with Gasteiger partial charge in [0.15, 0.2) is 0 Å². The average molecular weight is 371 g/mol. The Labute approximate surface area is 156 Å². The van der Waals surface area contributed by atoms with Gasteiger partial charge in [0.2, 0.25) is 0 Å². The highest BCUT2D eigenvalue weighted by molar-refractivity contribution is 6.32. The molecule has 1 aromatic heterocycles. The number of H-pyrrole nitrogens is 1. The SMILES string of the molecule is COc1cc(-n2[nH]c(C)c(C=NNc3ccc(C)cc3)c2=O)ccc1Cl. The number of nitrogens with zero attached hydrogens (tertiary/aromatic N) is 2. The number of nitrogens with one attached hydrogen (secondary N) is 2. The van der Waals surface area contributed by atoms with Crippen LogP contribution in [0, 0.1) is 13.8 Å². The van der Waals surface area contributed by atoms with Gasteiger partial charge in [-0.25, -0.2) is 4.68 Å². The van der Waals surface area contributed by atoms with Crippen LogP contribution in [0.15, 0.2) is 52.4 Å². The first-order valence-electron chi connectivity index (χ1n) is 8.01. The van der Waals surface area contributed by atoms with Crippen molar-refractivity contribution < 1.29 is 4.74 Å². The third-order valence-electron chi connectivity index (χ3n) is 3.95. The lowest BCUT2D eigenvalue weighted by atomic mass is 10.2. The van der Waals surface area contributed by atoms with Crippen LogP contribution in [0.25, 0.3) is 5.69 Å². The Morgan fingerprint density at radius 3 is 2.62 bits per heavy atom. The van der Waals surface area contributed by atoms with Gasteiger partial charge in [0.05, 0.1) is 35.3 Å². The van der Waals surface area contributed by atoms with Crippen molar-refractivity contribution in [2.45, 2.75) is 13.8 Å². The molecule has 0 amide bonds. The molecule has 2 aromatic carbocycles. The maximum atomic E-state index is 12.7. The molecule has 6 nitrogen and oxygen atoms in total. The zero-order chi connectivity index (χ0) is 18.7. The summed E-state index contributed by atoms with van der Waals surface area (Å²) in [5.74, 6) is 0.500. The summed E-state index contributed by atoms with van der Waals surface area (Å²) < 4.78 is 6.64. The van der Waals surface area contributed by atoms with E-state index in [1.54, 1.807) is 18.2 Å². The number of anilines is 1. The van der Waals surface area contributed by atoms with Gasteiger partial charge in [-0.3, -0.25) is 15.3 Å². The Morgan fingerprint density at radius 2 is 1.92 bits per heavy atom. The third kappa shape index (κ3) is 3.65. The molecule has 0 bridgehead atoms. The Morgan fingerprint density at radius 1 is 1.19 bits per heavy atom. The van der Waals surface area contributed by atoms with E-state index >= 15 is 0 Å². The highest BCUT2D eigenvalue weighted by Crippen LogP contribution is 2.26. The molecule has 0 atom stereocenters. The number of methoxy groups -OCH3 is 1. The summed E-state index contributed by atoms with van der Waals surface area (Å²) in [6.07, 6.45) is 1.51. The van der Waals surface area contributed by atoms with Gasteiger partial charge >= 0.3 is 0 Å². The molecule has 0 aliphatic rings. The van der Waals surface area contributed by atoms with E-state index in [1.165, 1.54) is 23.6 Å². The number of hydrazone groups is 1. The van der Waals surface area contributed by atoms with Crippen molar-refractivity contribution in [3.05, 3.63) is 74.7 Å². The Kier molecular flexibility index (Phi) is 5.14. The van der Waals surface area contributed by atoms with Crippen LogP contribution in [-0.4, -0.2) is 23.1 Å². The molecule has 134 valence electrons. The number of halogens is 1.